The van der Waals surface area contributed by atoms with Gasteiger partial charge in [0, 0.05) is 13.0 Å². The first-order valence-corrected chi connectivity index (χ1v) is 6.53. The van der Waals surface area contributed by atoms with Crippen molar-refractivity contribution < 1.29 is 18.3 Å². The van der Waals surface area contributed by atoms with E-state index in [1.165, 1.54) is 0 Å². The number of hydrogen-bond acceptors (Lipinski definition) is 3. The summed E-state index contributed by atoms with van der Waals surface area (Å²) < 4.78 is 31.2. The number of amides is 1. The normalized spacial score (nSPS) is 19.7. The van der Waals surface area contributed by atoms with Gasteiger partial charge in [0.05, 0.1) is 19.7 Å². The molecule has 118 valence electrons. The van der Waals surface area contributed by atoms with Gasteiger partial charge in [-0.15, -0.1) is 12.4 Å². The van der Waals surface area contributed by atoms with Gasteiger partial charge >= 0.3 is 0 Å². The van der Waals surface area contributed by atoms with Crippen molar-refractivity contribution in [3.05, 3.63) is 29.8 Å². The average Bonchev–Trinajstić information content (AvgIpc) is 2.79. The minimum Gasteiger partial charge on any atom is -0.496 e. The van der Waals surface area contributed by atoms with E-state index >= 15 is 0 Å². The molecule has 1 heterocycles. The number of ether oxygens (including phenoxy) is 1. The average molecular weight is 321 g/mol. The number of para-hydroxylation sites is 1. The lowest BCUT2D eigenvalue weighted by molar-refractivity contribution is -0.123. The van der Waals surface area contributed by atoms with Gasteiger partial charge in [0.15, 0.2) is 0 Å². The summed E-state index contributed by atoms with van der Waals surface area (Å²) in [6.07, 6.45) is 0.159. The molecule has 0 saturated carbocycles. The summed E-state index contributed by atoms with van der Waals surface area (Å²) in [4.78, 5) is 11.7. The summed E-state index contributed by atoms with van der Waals surface area (Å²) >= 11 is 0. The highest BCUT2D eigenvalue weighted by Crippen LogP contribution is 2.25. The molecule has 1 fully saturated rings. The van der Waals surface area contributed by atoms with Gasteiger partial charge in [-0.25, -0.2) is 8.78 Å². The first-order chi connectivity index (χ1) is 9.52. The highest BCUT2D eigenvalue weighted by molar-refractivity contribution is 5.85. The number of benzene rings is 1. The highest BCUT2D eigenvalue weighted by atomic mass is 35.5. The third kappa shape index (κ3) is 4.82. The lowest BCUT2D eigenvalue weighted by Gasteiger charge is -2.12. The van der Waals surface area contributed by atoms with Crippen molar-refractivity contribution >= 4 is 18.3 Å². The Morgan fingerprint density at radius 3 is 2.81 bits per heavy atom. The van der Waals surface area contributed by atoms with Crippen LogP contribution < -0.4 is 15.4 Å². The Labute approximate surface area is 128 Å². The zero-order valence-electron chi connectivity index (χ0n) is 11.7. The minimum atomic E-state index is -2.79. The first-order valence-electron chi connectivity index (χ1n) is 6.53. The second-order valence-electron chi connectivity index (χ2n) is 4.85. The molecule has 7 heteroatoms. The van der Waals surface area contributed by atoms with Gasteiger partial charge in [0.2, 0.25) is 5.91 Å². The first kappa shape index (κ1) is 17.7. The van der Waals surface area contributed by atoms with E-state index in [1.54, 1.807) is 7.11 Å². The Bertz CT molecular complexity index is 486. The van der Waals surface area contributed by atoms with Crippen LogP contribution >= 0.6 is 12.4 Å². The van der Waals surface area contributed by atoms with Crippen LogP contribution in [0, 0.1) is 0 Å². The fourth-order valence-corrected chi connectivity index (χ4v) is 2.25. The van der Waals surface area contributed by atoms with Crippen LogP contribution in [-0.2, 0) is 11.2 Å². The molecule has 4 nitrogen and oxygen atoms in total. The highest BCUT2D eigenvalue weighted by Gasteiger charge is 2.42. The van der Waals surface area contributed by atoms with Crippen LogP contribution in [-0.4, -0.2) is 38.1 Å². The maximum atomic E-state index is 13.0. The molecule has 0 aromatic heterocycles. The number of rotatable bonds is 5. The predicted molar refractivity (Wildman–Crippen MR) is 78.3 cm³/mol. The van der Waals surface area contributed by atoms with Gasteiger partial charge in [-0.1, -0.05) is 18.2 Å². The van der Waals surface area contributed by atoms with Crippen LogP contribution in [0.1, 0.15) is 12.0 Å². The second-order valence-corrected chi connectivity index (χ2v) is 4.85. The van der Waals surface area contributed by atoms with E-state index in [9.17, 15) is 13.6 Å². The van der Waals surface area contributed by atoms with Crippen molar-refractivity contribution in [2.75, 3.05) is 20.2 Å². The maximum absolute atomic E-state index is 13.0. The molecule has 1 aliphatic rings. The summed E-state index contributed by atoms with van der Waals surface area (Å²) in [7, 11) is 1.59. The number of carbonyl (C=O) groups excluding carboxylic acids is 1. The molecule has 1 aliphatic heterocycles. The van der Waals surface area contributed by atoms with Gasteiger partial charge in [-0.2, -0.15) is 0 Å². The van der Waals surface area contributed by atoms with Crippen LogP contribution in [0.2, 0.25) is 0 Å². The molecule has 1 amide bonds. The smallest absolute Gasteiger partial charge is 0.262 e. The molecule has 0 bridgehead atoms. The summed E-state index contributed by atoms with van der Waals surface area (Å²) in [5.41, 5.74) is 0.972. The van der Waals surface area contributed by atoms with E-state index in [0.717, 1.165) is 11.3 Å². The Hall–Kier alpha value is -1.40. The lowest BCUT2D eigenvalue weighted by atomic mass is 10.1. The molecule has 0 spiro atoms. The van der Waals surface area contributed by atoms with Gasteiger partial charge < -0.3 is 10.1 Å². The van der Waals surface area contributed by atoms with E-state index in [4.69, 9.17) is 4.74 Å². The number of alkyl halides is 2. The van der Waals surface area contributed by atoms with Crippen LogP contribution in [0.4, 0.5) is 8.78 Å². The van der Waals surface area contributed by atoms with Crippen LogP contribution in [0.5, 0.6) is 5.75 Å². The Balaban J connectivity index is 0.00000220. The zero-order chi connectivity index (χ0) is 14.6. The fourth-order valence-electron chi connectivity index (χ4n) is 2.25. The summed E-state index contributed by atoms with van der Waals surface area (Å²) in [5, 5.41) is 5.20. The quantitative estimate of drug-likeness (QED) is 0.869. The van der Waals surface area contributed by atoms with E-state index in [0.29, 0.717) is 13.0 Å². The molecule has 0 aliphatic carbocycles. The molecule has 1 aromatic carbocycles. The zero-order valence-corrected chi connectivity index (χ0v) is 12.5. The summed E-state index contributed by atoms with van der Waals surface area (Å²) in [6, 6.07) is 6.70. The molecule has 2 rings (SSSR count). The van der Waals surface area contributed by atoms with Crippen molar-refractivity contribution in [3.63, 3.8) is 0 Å². The van der Waals surface area contributed by atoms with Crippen molar-refractivity contribution in [3.8, 4) is 5.75 Å². The summed E-state index contributed by atoms with van der Waals surface area (Å²) in [5.74, 6) is -2.41. The van der Waals surface area contributed by atoms with Gasteiger partial charge in [-0.05, 0) is 18.1 Å². The van der Waals surface area contributed by atoms with Gasteiger partial charge in [-0.3, -0.25) is 10.1 Å². The van der Waals surface area contributed by atoms with Crippen LogP contribution in [0.3, 0.4) is 0 Å². The lowest BCUT2D eigenvalue weighted by Crippen LogP contribution is -2.41. The molecule has 1 saturated heterocycles. The topological polar surface area (TPSA) is 50.4 Å². The van der Waals surface area contributed by atoms with E-state index in [2.05, 4.69) is 10.6 Å². The Morgan fingerprint density at radius 1 is 1.48 bits per heavy atom. The standard InChI is InChI=1S/C14H18F2N2O2.ClH/c1-20-12-5-3-2-4-10(12)6-7-17-13(19)11-8-14(15,16)9-18-11;/h2-5,11,18H,6-9H2,1H3,(H,17,19);1H. The minimum absolute atomic E-state index is 0. The Morgan fingerprint density at radius 2 is 2.19 bits per heavy atom. The largest absolute Gasteiger partial charge is 0.496 e. The van der Waals surface area contributed by atoms with Gasteiger partial charge in [0.25, 0.3) is 5.92 Å². The fraction of sp³-hybridized carbons (Fsp3) is 0.500. The van der Waals surface area contributed by atoms with E-state index < -0.39 is 24.9 Å². The molecule has 1 atom stereocenters. The van der Waals surface area contributed by atoms with Crippen LogP contribution in [0.25, 0.3) is 0 Å². The molecule has 1 unspecified atom stereocenters. The summed E-state index contributed by atoms with van der Waals surface area (Å²) in [6.45, 7) is -0.0411. The maximum Gasteiger partial charge on any atom is 0.262 e. The van der Waals surface area contributed by atoms with Crippen molar-refractivity contribution in [2.24, 2.45) is 0 Å². The molecule has 0 radical (unpaired) electrons. The number of hydrogen-bond donors (Lipinski definition) is 2. The monoisotopic (exact) mass is 320 g/mol. The number of carbonyl (C=O) groups is 1. The van der Waals surface area contributed by atoms with Gasteiger partial charge in [0.1, 0.15) is 5.75 Å². The van der Waals surface area contributed by atoms with E-state index in [1.807, 2.05) is 24.3 Å². The third-order valence-corrected chi connectivity index (χ3v) is 3.31. The molecule has 21 heavy (non-hydrogen) atoms. The van der Waals surface area contributed by atoms with Crippen molar-refractivity contribution in [2.45, 2.75) is 24.8 Å². The molecular weight excluding hydrogens is 302 g/mol. The molecule has 2 N–H and O–H groups in total. The predicted octanol–water partition coefficient (Wildman–Crippen LogP) is 1.77. The third-order valence-electron chi connectivity index (χ3n) is 3.31. The number of methoxy groups -OCH3 is 1. The van der Waals surface area contributed by atoms with Crippen molar-refractivity contribution in [1.82, 2.24) is 10.6 Å². The Kier molecular flexibility index (Phi) is 6.36. The molecular formula is C14H19ClF2N2O2. The van der Waals surface area contributed by atoms with E-state index in [-0.39, 0.29) is 18.3 Å². The second kappa shape index (κ2) is 7.56. The van der Waals surface area contributed by atoms with Crippen LogP contribution in [0.15, 0.2) is 24.3 Å². The SMILES string of the molecule is COc1ccccc1CCNC(=O)C1CC(F)(F)CN1.Cl. The number of nitrogens with one attached hydrogen (secondary N) is 2. The molecule has 1 aromatic rings. The number of halogens is 3. The van der Waals surface area contributed by atoms with Crippen molar-refractivity contribution in [1.29, 1.82) is 0 Å².